The Bertz CT molecular complexity index is 1020. The van der Waals surface area contributed by atoms with E-state index in [0.29, 0.717) is 0 Å². The number of fused-ring (bicyclic) bond motifs is 1. The SMILES string of the molecule is O=S1(=O)O[C@H]2[C@H](CO[C@@H]2COC(c2ccccc2)(c2ccccc2)c2ccccc2)O1. The third-order valence-corrected chi connectivity index (χ3v) is 6.62. The number of rotatable bonds is 6. The van der Waals surface area contributed by atoms with Gasteiger partial charge in [0.15, 0.2) is 0 Å². The second-order valence-electron chi connectivity index (χ2n) is 7.57. The summed E-state index contributed by atoms with van der Waals surface area (Å²) in [7, 11) is -3.98. The maximum absolute atomic E-state index is 11.7. The van der Waals surface area contributed by atoms with E-state index in [1.165, 1.54) is 0 Å². The van der Waals surface area contributed by atoms with Gasteiger partial charge in [0.25, 0.3) is 0 Å². The van der Waals surface area contributed by atoms with Crippen LogP contribution in [0.1, 0.15) is 16.7 Å². The third-order valence-electron chi connectivity index (χ3n) is 5.68. The number of ether oxygens (including phenoxy) is 2. The van der Waals surface area contributed by atoms with Crippen LogP contribution in [0.5, 0.6) is 0 Å². The minimum atomic E-state index is -3.98. The summed E-state index contributed by atoms with van der Waals surface area (Å²) in [5.74, 6) is 0. The molecule has 2 aliphatic rings. The second kappa shape index (κ2) is 8.18. The van der Waals surface area contributed by atoms with E-state index >= 15 is 0 Å². The normalized spacial score (nSPS) is 24.7. The van der Waals surface area contributed by atoms with Crippen molar-refractivity contribution in [2.45, 2.75) is 23.9 Å². The van der Waals surface area contributed by atoms with Crippen LogP contribution in [-0.2, 0) is 33.8 Å². The molecule has 31 heavy (non-hydrogen) atoms. The molecule has 0 N–H and O–H groups in total. The molecule has 160 valence electrons. The van der Waals surface area contributed by atoms with Gasteiger partial charge in [-0.1, -0.05) is 91.0 Å². The first-order valence-electron chi connectivity index (χ1n) is 10.1. The van der Waals surface area contributed by atoms with Gasteiger partial charge < -0.3 is 9.47 Å². The molecule has 0 aromatic heterocycles. The van der Waals surface area contributed by atoms with Crippen molar-refractivity contribution in [2.24, 2.45) is 0 Å². The molecule has 3 atom stereocenters. The first-order valence-corrected chi connectivity index (χ1v) is 11.5. The smallest absolute Gasteiger partial charge is 0.370 e. The average Bonchev–Trinajstić information content (AvgIpc) is 3.31. The molecule has 0 spiro atoms. The van der Waals surface area contributed by atoms with E-state index in [0.717, 1.165) is 16.7 Å². The number of hydrogen-bond donors (Lipinski definition) is 0. The topological polar surface area (TPSA) is 71.1 Å². The molecule has 5 rings (SSSR count). The van der Waals surface area contributed by atoms with Crippen LogP contribution < -0.4 is 0 Å². The fourth-order valence-corrected chi connectivity index (χ4v) is 5.32. The highest BCUT2D eigenvalue weighted by Crippen LogP contribution is 2.41. The molecule has 0 saturated carbocycles. The van der Waals surface area contributed by atoms with Crippen LogP contribution in [0.3, 0.4) is 0 Å². The molecular weight excluding hydrogens is 416 g/mol. The Labute approximate surface area is 181 Å². The van der Waals surface area contributed by atoms with E-state index in [-0.39, 0.29) is 13.2 Å². The lowest BCUT2D eigenvalue weighted by Crippen LogP contribution is -2.39. The van der Waals surface area contributed by atoms with Gasteiger partial charge in [0.1, 0.15) is 23.9 Å². The van der Waals surface area contributed by atoms with Gasteiger partial charge in [-0.15, -0.1) is 0 Å². The predicted octanol–water partition coefficient (Wildman–Crippen LogP) is 3.42. The highest BCUT2D eigenvalue weighted by atomic mass is 32.3. The molecule has 0 amide bonds. The molecule has 3 aromatic rings. The molecule has 2 heterocycles. The van der Waals surface area contributed by atoms with Crippen molar-refractivity contribution in [3.05, 3.63) is 108 Å². The second-order valence-corrected chi connectivity index (χ2v) is 8.77. The van der Waals surface area contributed by atoms with Crippen molar-refractivity contribution < 1.29 is 26.3 Å². The Kier molecular flexibility index (Phi) is 5.37. The van der Waals surface area contributed by atoms with Gasteiger partial charge in [0.05, 0.1) is 13.2 Å². The lowest BCUT2D eigenvalue weighted by molar-refractivity contribution is -0.0645. The van der Waals surface area contributed by atoms with Crippen molar-refractivity contribution in [3.8, 4) is 0 Å². The quantitative estimate of drug-likeness (QED) is 0.549. The largest absolute Gasteiger partial charge is 0.400 e. The van der Waals surface area contributed by atoms with Gasteiger partial charge in [-0.05, 0) is 16.7 Å². The van der Waals surface area contributed by atoms with Gasteiger partial charge in [0.2, 0.25) is 0 Å². The summed E-state index contributed by atoms with van der Waals surface area (Å²) < 4.78 is 46.0. The first kappa shape index (κ1) is 20.4. The molecule has 7 heteroatoms. The van der Waals surface area contributed by atoms with Crippen LogP contribution in [0.15, 0.2) is 91.0 Å². The van der Waals surface area contributed by atoms with Crippen molar-refractivity contribution >= 4 is 10.4 Å². The van der Waals surface area contributed by atoms with Crippen molar-refractivity contribution in [2.75, 3.05) is 13.2 Å². The molecule has 0 unspecified atom stereocenters. The van der Waals surface area contributed by atoms with Crippen LogP contribution in [0.2, 0.25) is 0 Å². The highest BCUT2D eigenvalue weighted by Gasteiger charge is 2.51. The van der Waals surface area contributed by atoms with Gasteiger partial charge in [-0.25, -0.2) is 8.37 Å². The van der Waals surface area contributed by atoms with E-state index in [1.54, 1.807) is 0 Å². The van der Waals surface area contributed by atoms with Crippen molar-refractivity contribution in [1.82, 2.24) is 0 Å². The molecule has 0 bridgehead atoms. The summed E-state index contributed by atoms with van der Waals surface area (Å²) in [6.07, 6.45) is -1.93. The first-order chi connectivity index (χ1) is 15.1. The van der Waals surface area contributed by atoms with E-state index in [2.05, 4.69) is 0 Å². The molecule has 0 aliphatic carbocycles. The monoisotopic (exact) mass is 438 g/mol. The van der Waals surface area contributed by atoms with E-state index in [4.69, 9.17) is 17.8 Å². The number of benzene rings is 3. The summed E-state index contributed by atoms with van der Waals surface area (Å²) in [6.45, 7) is 0.270. The molecule has 0 radical (unpaired) electrons. The Balaban J connectivity index is 1.56. The van der Waals surface area contributed by atoms with Gasteiger partial charge in [-0.2, -0.15) is 8.42 Å². The van der Waals surface area contributed by atoms with Crippen molar-refractivity contribution in [1.29, 1.82) is 0 Å². The van der Waals surface area contributed by atoms with Crippen LogP contribution >= 0.6 is 0 Å². The Morgan fingerprint density at radius 2 is 1.26 bits per heavy atom. The molecule has 3 aromatic carbocycles. The molecule has 6 nitrogen and oxygen atoms in total. The molecule has 2 saturated heterocycles. The minimum Gasteiger partial charge on any atom is -0.370 e. The molecule has 2 aliphatic heterocycles. The zero-order valence-corrected chi connectivity index (χ0v) is 17.5. The Morgan fingerprint density at radius 3 is 1.74 bits per heavy atom. The fourth-order valence-electron chi connectivity index (χ4n) is 4.28. The predicted molar refractivity (Wildman–Crippen MR) is 114 cm³/mol. The summed E-state index contributed by atoms with van der Waals surface area (Å²) in [5.41, 5.74) is 1.96. The van der Waals surface area contributed by atoms with Gasteiger partial charge in [-0.3, -0.25) is 0 Å². The van der Waals surface area contributed by atoms with E-state index in [1.807, 2.05) is 91.0 Å². The maximum Gasteiger partial charge on any atom is 0.400 e. The fraction of sp³-hybridized carbons (Fsp3) is 0.250. The molecule has 2 fully saturated rings. The average molecular weight is 439 g/mol. The lowest BCUT2D eigenvalue weighted by Gasteiger charge is -2.37. The minimum absolute atomic E-state index is 0.124. The van der Waals surface area contributed by atoms with Crippen LogP contribution in [-0.4, -0.2) is 39.9 Å². The summed E-state index contributed by atoms with van der Waals surface area (Å²) in [5, 5.41) is 0. The Hall–Kier alpha value is -2.55. The van der Waals surface area contributed by atoms with E-state index in [9.17, 15) is 8.42 Å². The Morgan fingerprint density at radius 1 is 0.774 bits per heavy atom. The van der Waals surface area contributed by atoms with Crippen molar-refractivity contribution in [3.63, 3.8) is 0 Å². The number of hydrogen-bond acceptors (Lipinski definition) is 6. The molecular formula is C24H22O6S. The zero-order chi connectivity index (χ0) is 21.3. The standard InChI is InChI=1S/C24H22O6S/c25-31(26)29-22-16-27-21(23(22)30-31)17-28-24(18-10-4-1-5-11-18,19-12-6-2-7-13-19)20-14-8-3-9-15-20/h1-15,21-23H,16-17H2/t21-,22+,23-/m1/s1. The van der Waals surface area contributed by atoms with Crippen LogP contribution in [0.25, 0.3) is 0 Å². The maximum atomic E-state index is 11.7. The van der Waals surface area contributed by atoms with Crippen LogP contribution in [0.4, 0.5) is 0 Å². The summed E-state index contributed by atoms with van der Waals surface area (Å²) in [4.78, 5) is 0. The van der Waals surface area contributed by atoms with E-state index < -0.39 is 34.3 Å². The van der Waals surface area contributed by atoms with Gasteiger partial charge in [0, 0.05) is 0 Å². The van der Waals surface area contributed by atoms with Gasteiger partial charge >= 0.3 is 10.4 Å². The van der Waals surface area contributed by atoms with Crippen LogP contribution in [0, 0.1) is 0 Å². The summed E-state index contributed by atoms with van der Waals surface area (Å²) >= 11 is 0. The zero-order valence-electron chi connectivity index (χ0n) is 16.7. The highest BCUT2D eigenvalue weighted by molar-refractivity contribution is 7.82. The third kappa shape index (κ3) is 3.79. The lowest BCUT2D eigenvalue weighted by atomic mass is 9.80. The summed E-state index contributed by atoms with van der Waals surface area (Å²) in [6, 6.07) is 29.9.